The van der Waals surface area contributed by atoms with Crippen molar-refractivity contribution >= 4 is 92.8 Å². The number of carbonyl (C=O) groups excluding carboxylic acids is 1. The second-order valence-corrected chi connectivity index (χ2v) is 36.1. The standard InChI is InChI=1S/C75H83NO11S6/c1-38(2)23-46-29-52(55-36-91-92-61-30-45-26-39-9-6-11-41(24-39)47(34-78)35-89-90-37-56(45)76-67(61)44-12-7-10-40(25-44)27-51(55)68(46)81)72-71(84)70(83)66-60(87-72)33-58(80)64-53-31-50-48(17-21-77)42(16-20-75(85)18-4-3-5-19-75)28-43-14-15-49-65(62(43)50)63(53)54-32-59(86-73(64)66)57(79)13-8-22-88-93-74(49)69(54)82/h6-7,9-12,14-15,24-25,29,31,33-34,38,42,45,47-48,54,56-57,59,61,67,69,74,76-77,79-82,84-85H,3-5,8,13,16-23,26-28,30,32,35-37H2,1-2H3. The average molecular weight is 1370 g/mol. The molecule has 6 aromatic carbocycles. The number of nitrogens with one attached hydrogen (secondary N) is 1. The van der Waals surface area contributed by atoms with Gasteiger partial charge in [0, 0.05) is 82.4 Å². The van der Waals surface area contributed by atoms with E-state index in [1.165, 1.54) is 22.8 Å². The molecule has 0 spiro atoms. The molecule has 15 rings (SSSR count). The van der Waals surface area contributed by atoms with Crippen molar-refractivity contribution < 1.29 is 49.7 Å². The summed E-state index contributed by atoms with van der Waals surface area (Å²) >= 11 is 0. The van der Waals surface area contributed by atoms with Crippen LogP contribution in [0.2, 0.25) is 0 Å². The molecule has 18 heteroatoms. The minimum Gasteiger partial charge on any atom is -0.507 e. The van der Waals surface area contributed by atoms with Crippen molar-refractivity contribution in [1.29, 1.82) is 0 Å². The lowest BCUT2D eigenvalue weighted by atomic mass is 9.65. The largest absolute Gasteiger partial charge is 0.507 e. The third-order valence-electron chi connectivity index (χ3n) is 22.0. The molecule has 1 saturated carbocycles. The van der Waals surface area contributed by atoms with Gasteiger partial charge in [0.25, 0.3) is 0 Å². The Morgan fingerprint density at radius 3 is 2.41 bits per heavy atom. The molecule has 5 aliphatic heterocycles. The second-order valence-electron chi connectivity index (χ2n) is 28.3. The van der Waals surface area contributed by atoms with Crippen molar-refractivity contribution in [1.82, 2.24) is 5.32 Å². The molecule has 0 radical (unpaired) electrons. The van der Waals surface area contributed by atoms with E-state index >= 15 is 4.79 Å². The molecule has 2 saturated heterocycles. The van der Waals surface area contributed by atoms with Crippen molar-refractivity contribution in [3.05, 3.63) is 150 Å². The summed E-state index contributed by atoms with van der Waals surface area (Å²) in [5.41, 5.74) is 10.3. The van der Waals surface area contributed by atoms with Gasteiger partial charge in [0.1, 0.15) is 40.6 Å². The van der Waals surface area contributed by atoms with Gasteiger partial charge in [0.2, 0.25) is 11.2 Å². The summed E-state index contributed by atoms with van der Waals surface area (Å²) in [5, 5.41) is 92.8. The number of aldehydes is 1. The molecule has 12 unspecified atom stereocenters. The lowest BCUT2D eigenvalue weighted by molar-refractivity contribution is -0.108. The van der Waals surface area contributed by atoms with Crippen LogP contribution in [0.25, 0.3) is 44.2 Å². The van der Waals surface area contributed by atoms with E-state index in [0.717, 1.165) is 125 Å². The topological polar surface area (TPSA) is 210 Å². The Morgan fingerprint density at radius 1 is 0.785 bits per heavy atom. The van der Waals surface area contributed by atoms with Gasteiger partial charge < -0.3 is 55.0 Å². The number of rotatable bonds is 9. The SMILES string of the molecule is CC(C)Cc1cc(-c2oc3cc(O)c4c(c3c(=O)c2O)OC2CC3c5c-4cc4c6c(ccc(c56)C(SSCCCC2O)C3O)CC(CCC2(O)CCCCC2)C4CCO)c2c(c1O)Cc1cccc(c1)C1NC3CSSCC(C=O)c4cccc(c4)CC3CC1SSC2. The molecule has 8 aliphatic rings. The minimum atomic E-state index is -1.02. The van der Waals surface area contributed by atoms with Crippen LogP contribution in [0.15, 0.2) is 88.1 Å². The molecule has 0 amide bonds. The monoisotopic (exact) mass is 1370 g/mol. The molecule has 8 N–H and O–H groups in total. The Labute approximate surface area is 567 Å². The summed E-state index contributed by atoms with van der Waals surface area (Å²) in [4.78, 5) is 28.3. The number of phenols is 2. The van der Waals surface area contributed by atoms with Gasteiger partial charge in [-0.3, -0.25) is 4.79 Å². The number of aliphatic hydroxyl groups excluding tert-OH is 3. The Balaban J connectivity index is 0.877. The number of hydrogen-bond acceptors (Lipinski definition) is 18. The summed E-state index contributed by atoms with van der Waals surface area (Å²) in [5.74, 6) is 1.60. The van der Waals surface area contributed by atoms with Crippen LogP contribution in [0, 0.1) is 17.8 Å². The van der Waals surface area contributed by atoms with Crippen LogP contribution in [0.4, 0.5) is 0 Å². The van der Waals surface area contributed by atoms with Crippen LogP contribution in [-0.4, -0.2) is 101 Å². The molecule has 3 fully saturated rings. The number of aromatic hydroxyl groups is 3. The zero-order chi connectivity index (χ0) is 64.0. The first kappa shape index (κ1) is 64.5. The van der Waals surface area contributed by atoms with E-state index in [-0.39, 0.29) is 98.8 Å². The predicted octanol–water partition coefficient (Wildman–Crippen LogP) is 15.7. The third kappa shape index (κ3) is 12.1. The zero-order valence-corrected chi connectivity index (χ0v) is 57.5. The van der Waals surface area contributed by atoms with Gasteiger partial charge in [-0.1, -0.05) is 159 Å². The normalized spacial score (nSPS) is 28.2. The smallest absolute Gasteiger partial charge is 0.238 e. The Kier molecular flexibility index (Phi) is 18.6. The minimum absolute atomic E-state index is 0.0131. The average Bonchev–Trinajstić information content (AvgIpc) is 0.817. The molecule has 1 aromatic heterocycles. The summed E-state index contributed by atoms with van der Waals surface area (Å²) in [7, 11) is 10.5. The molecule has 490 valence electrons. The van der Waals surface area contributed by atoms with Gasteiger partial charge >= 0.3 is 0 Å². The Bertz CT molecular complexity index is 4090. The van der Waals surface area contributed by atoms with E-state index in [2.05, 4.69) is 85.9 Å². The number of fused-ring (bicyclic) bond motifs is 15. The van der Waals surface area contributed by atoms with E-state index in [9.17, 15) is 40.5 Å². The number of phenolic OH excluding ortho intramolecular Hbond substituents is 2. The predicted molar refractivity (Wildman–Crippen MR) is 383 cm³/mol. The van der Waals surface area contributed by atoms with Gasteiger partial charge in [-0.15, -0.1) is 0 Å². The maximum atomic E-state index is 15.9. The summed E-state index contributed by atoms with van der Waals surface area (Å²) in [6, 6.07) is 27.3. The molecular weight excluding hydrogens is 1280 g/mol. The number of piperidine rings is 1. The lowest BCUT2D eigenvalue weighted by Gasteiger charge is -2.44. The summed E-state index contributed by atoms with van der Waals surface area (Å²) < 4.78 is 14.2. The molecular formula is C75H83NO11S6. The highest BCUT2D eigenvalue weighted by Gasteiger charge is 2.48. The summed E-state index contributed by atoms with van der Waals surface area (Å²) in [6.45, 7) is 4.13. The highest BCUT2D eigenvalue weighted by molar-refractivity contribution is 8.77. The number of ether oxygens (including phenoxy) is 1. The van der Waals surface area contributed by atoms with Crippen LogP contribution >= 0.6 is 64.8 Å². The molecule has 12 nitrogen and oxygen atoms in total. The molecule has 3 aliphatic carbocycles. The number of carbonyl (C=O) groups is 1. The Morgan fingerprint density at radius 2 is 1.59 bits per heavy atom. The first-order valence-corrected chi connectivity index (χ1v) is 41.0. The van der Waals surface area contributed by atoms with Gasteiger partial charge in [-0.2, -0.15) is 0 Å². The first-order chi connectivity index (χ1) is 45.1. The molecule has 6 heterocycles. The van der Waals surface area contributed by atoms with Crippen molar-refractivity contribution in [2.45, 2.75) is 187 Å². The van der Waals surface area contributed by atoms with E-state index in [1.807, 2.05) is 27.7 Å². The van der Waals surface area contributed by atoms with Crippen molar-refractivity contribution in [3.63, 3.8) is 0 Å². The number of aliphatic hydroxyl groups is 4. The van der Waals surface area contributed by atoms with Crippen LogP contribution in [-0.2, 0) is 36.2 Å². The maximum absolute atomic E-state index is 15.9. The first-order valence-electron chi connectivity index (χ1n) is 33.8. The van der Waals surface area contributed by atoms with Gasteiger partial charge in [-0.25, -0.2) is 0 Å². The maximum Gasteiger partial charge on any atom is 0.238 e. The van der Waals surface area contributed by atoms with Gasteiger partial charge in [0.15, 0.2) is 5.76 Å². The highest BCUT2D eigenvalue weighted by atomic mass is 33.1. The van der Waals surface area contributed by atoms with Crippen molar-refractivity contribution in [2.75, 3.05) is 23.9 Å². The third-order valence-corrected chi connectivity index (χ3v) is 30.1. The van der Waals surface area contributed by atoms with E-state index in [1.54, 1.807) is 43.2 Å². The van der Waals surface area contributed by atoms with Crippen molar-refractivity contribution in [2.24, 2.45) is 17.8 Å². The zero-order valence-electron chi connectivity index (χ0n) is 52.7. The van der Waals surface area contributed by atoms with Gasteiger partial charge in [-0.05, 0) is 185 Å². The molecule has 93 heavy (non-hydrogen) atoms. The summed E-state index contributed by atoms with van der Waals surface area (Å²) in [6.07, 6.45) is 9.51. The molecule has 7 aromatic rings. The number of benzene rings is 6. The highest BCUT2D eigenvalue weighted by Crippen LogP contribution is 2.62. The number of hydrogen-bond donors (Lipinski definition) is 8. The van der Waals surface area contributed by atoms with Gasteiger partial charge in [0.05, 0.1) is 28.6 Å². The van der Waals surface area contributed by atoms with E-state index in [0.29, 0.717) is 72.4 Å². The fourth-order valence-corrected chi connectivity index (χ4v) is 25.9. The van der Waals surface area contributed by atoms with Crippen LogP contribution in [0.3, 0.4) is 0 Å². The fourth-order valence-electron chi connectivity index (χ4n) is 17.4. The van der Waals surface area contributed by atoms with E-state index in [4.69, 9.17) is 9.15 Å². The Hall–Kier alpha value is -4.44. The van der Waals surface area contributed by atoms with Crippen LogP contribution in [0.5, 0.6) is 23.0 Å². The molecule has 12 atom stereocenters. The van der Waals surface area contributed by atoms with Crippen LogP contribution < -0.4 is 15.5 Å². The van der Waals surface area contributed by atoms with E-state index < -0.39 is 41.0 Å². The second kappa shape index (κ2) is 26.8. The molecule has 7 bridgehead atoms. The fraction of sp³-hybridized carbons (Fsp3) is 0.493. The van der Waals surface area contributed by atoms with Crippen LogP contribution in [0.1, 0.15) is 181 Å². The van der Waals surface area contributed by atoms with Crippen molar-refractivity contribution in [3.8, 4) is 45.4 Å². The lowest BCUT2D eigenvalue weighted by Crippen LogP contribution is -2.50. The quantitative estimate of drug-likeness (QED) is 0.0499.